The summed E-state index contributed by atoms with van der Waals surface area (Å²) in [5, 5.41) is 21.3. The molecule has 188 valence electrons. The van der Waals surface area contributed by atoms with E-state index in [0.29, 0.717) is 12.1 Å². The van der Waals surface area contributed by atoms with Crippen molar-refractivity contribution in [3.05, 3.63) is 99.4 Å². The number of thiazole rings is 1. The molecular formula is C27H27F2N3O2S2. The summed E-state index contributed by atoms with van der Waals surface area (Å²) in [7, 11) is 0. The van der Waals surface area contributed by atoms with E-state index >= 15 is 0 Å². The minimum Gasteiger partial charge on any atom is -0.390 e. The summed E-state index contributed by atoms with van der Waals surface area (Å²) in [5.74, 6) is -1.87. The fourth-order valence-corrected chi connectivity index (χ4v) is 5.48. The highest BCUT2D eigenvalue weighted by Crippen LogP contribution is 2.27. The van der Waals surface area contributed by atoms with Gasteiger partial charge in [-0.1, -0.05) is 37.3 Å². The Labute approximate surface area is 216 Å². The molecule has 1 amide bonds. The average Bonchev–Trinajstić information content (AvgIpc) is 3.55. The maximum atomic E-state index is 13.8. The number of nitrogens with zero attached hydrogens (tertiary/aromatic N) is 1. The Hall–Kier alpha value is -2.98. The molecule has 2 aromatic heterocycles. The van der Waals surface area contributed by atoms with Crippen molar-refractivity contribution in [2.45, 2.75) is 38.5 Å². The standard InChI is InChI=1S/C27H27F2N3O2S2/c1-2-17-5-3-6-18(9-17)14-30-15-24(33)22(12-19-10-20(28)13-21(29)11-19)31-26(34)23-16-36-27(32-23)25-7-4-8-35-25/h3-11,13,16,22,24,30,33H,2,12,14-15H2,1H3,(H,31,34)/t22-,24+/m0/s1. The van der Waals surface area contributed by atoms with E-state index in [9.17, 15) is 18.7 Å². The van der Waals surface area contributed by atoms with Crippen LogP contribution in [0.1, 0.15) is 34.1 Å². The molecule has 0 bridgehead atoms. The number of hydrogen-bond acceptors (Lipinski definition) is 6. The van der Waals surface area contributed by atoms with E-state index in [4.69, 9.17) is 0 Å². The van der Waals surface area contributed by atoms with Crippen LogP contribution >= 0.6 is 22.7 Å². The summed E-state index contributed by atoms with van der Waals surface area (Å²) in [6, 6.07) is 14.4. The predicted octanol–water partition coefficient (Wildman–Crippen LogP) is 5.20. The van der Waals surface area contributed by atoms with Gasteiger partial charge in [0.25, 0.3) is 5.91 Å². The van der Waals surface area contributed by atoms with E-state index in [1.165, 1.54) is 40.4 Å². The first kappa shape index (κ1) is 26.1. The zero-order valence-electron chi connectivity index (χ0n) is 19.7. The smallest absolute Gasteiger partial charge is 0.271 e. The highest BCUT2D eigenvalue weighted by atomic mass is 32.1. The van der Waals surface area contributed by atoms with Crippen molar-refractivity contribution in [2.75, 3.05) is 6.54 Å². The third kappa shape index (κ3) is 7.04. The number of aryl methyl sites for hydroxylation is 1. The molecule has 0 radical (unpaired) electrons. The summed E-state index contributed by atoms with van der Waals surface area (Å²) in [6.07, 6.45) is -0.0270. The van der Waals surface area contributed by atoms with Gasteiger partial charge >= 0.3 is 0 Å². The molecule has 4 aromatic rings. The largest absolute Gasteiger partial charge is 0.390 e. The Morgan fingerprint density at radius 2 is 1.81 bits per heavy atom. The van der Waals surface area contributed by atoms with Crippen molar-refractivity contribution in [3.63, 3.8) is 0 Å². The van der Waals surface area contributed by atoms with Gasteiger partial charge in [-0.05, 0) is 53.1 Å². The number of halogens is 2. The monoisotopic (exact) mass is 527 g/mol. The van der Waals surface area contributed by atoms with Crippen LogP contribution in [0.15, 0.2) is 65.4 Å². The number of rotatable bonds is 11. The first-order valence-corrected chi connectivity index (χ1v) is 13.4. The number of carbonyl (C=O) groups is 1. The molecule has 0 saturated carbocycles. The second-order valence-electron chi connectivity index (χ2n) is 8.45. The highest BCUT2D eigenvalue weighted by Gasteiger charge is 2.24. The van der Waals surface area contributed by atoms with Crippen LogP contribution in [0.5, 0.6) is 0 Å². The second kappa shape index (κ2) is 12.3. The van der Waals surface area contributed by atoms with Crippen LogP contribution in [0.4, 0.5) is 8.78 Å². The van der Waals surface area contributed by atoms with Crippen LogP contribution in [-0.4, -0.2) is 34.7 Å². The van der Waals surface area contributed by atoms with Gasteiger partial charge in [-0.2, -0.15) is 0 Å². The summed E-state index contributed by atoms with van der Waals surface area (Å²) < 4.78 is 27.6. The summed E-state index contributed by atoms with van der Waals surface area (Å²) in [4.78, 5) is 18.4. The first-order valence-electron chi connectivity index (χ1n) is 11.6. The molecule has 0 aliphatic heterocycles. The summed E-state index contributed by atoms with van der Waals surface area (Å²) >= 11 is 2.89. The minimum atomic E-state index is -1.01. The lowest BCUT2D eigenvalue weighted by Gasteiger charge is -2.24. The molecule has 0 fully saturated rings. The molecule has 2 heterocycles. The topological polar surface area (TPSA) is 74.2 Å². The van der Waals surface area contributed by atoms with E-state index in [1.807, 2.05) is 29.6 Å². The number of hydrogen-bond donors (Lipinski definition) is 3. The molecule has 0 unspecified atom stereocenters. The van der Waals surface area contributed by atoms with Crippen LogP contribution in [0.3, 0.4) is 0 Å². The van der Waals surface area contributed by atoms with Crippen LogP contribution in [-0.2, 0) is 19.4 Å². The van der Waals surface area contributed by atoms with Crippen LogP contribution in [0.25, 0.3) is 9.88 Å². The summed E-state index contributed by atoms with van der Waals surface area (Å²) in [6.45, 7) is 2.80. The fraction of sp³-hybridized carbons (Fsp3) is 0.259. The zero-order chi connectivity index (χ0) is 25.5. The second-order valence-corrected chi connectivity index (χ2v) is 10.3. The van der Waals surface area contributed by atoms with E-state index in [2.05, 4.69) is 34.7 Å². The van der Waals surface area contributed by atoms with Gasteiger partial charge in [-0.25, -0.2) is 13.8 Å². The number of aliphatic hydroxyl groups is 1. The third-order valence-electron chi connectivity index (χ3n) is 5.71. The molecule has 4 rings (SSSR count). The number of thiophene rings is 1. The van der Waals surface area contributed by atoms with Crippen LogP contribution in [0.2, 0.25) is 0 Å². The fourth-order valence-electron chi connectivity index (χ4n) is 3.87. The molecule has 2 aromatic carbocycles. The number of aliphatic hydroxyl groups excluding tert-OH is 1. The van der Waals surface area contributed by atoms with Crippen molar-refractivity contribution in [3.8, 4) is 9.88 Å². The van der Waals surface area contributed by atoms with Crippen molar-refractivity contribution in [1.29, 1.82) is 0 Å². The quantitative estimate of drug-likeness (QED) is 0.251. The minimum absolute atomic E-state index is 0.0521. The Bertz CT molecular complexity index is 1270. The van der Waals surface area contributed by atoms with E-state index in [1.54, 1.807) is 5.38 Å². The third-order valence-corrected chi connectivity index (χ3v) is 7.59. The van der Waals surface area contributed by atoms with Gasteiger partial charge in [0.2, 0.25) is 0 Å². The number of amides is 1. The van der Waals surface area contributed by atoms with Gasteiger partial charge in [0.05, 0.1) is 17.0 Å². The number of benzene rings is 2. The van der Waals surface area contributed by atoms with Gasteiger partial charge < -0.3 is 15.7 Å². The molecular weight excluding hydrogens is 500 g/mol. The molecule has 5 nitrogen and oxygen atoms in total. The van der Waals surface area contributed by atoms with Gasteiger partial charge in [0.1, 0.15) is 22.3 Å². The molecule has 0 aliphatic carbocycles. The SMILES string of the molecule is CCc1cccc(CNC[C@@H](O)[C@H](Cc2cc(F)cc(F)c2)NC(=O)c2csc(-c3cccs3)n2)c1. The van der Waals surface area contributed by atoms with Gasteiger partial charge in [0.15, 0.2) is 0 Å². The predicted molar refractivity (Wildman–Crippen MR) is 140 cm³/mol. The maximum Gasteiger partial charge on any atom is 0.271 e. The molecule has 0 saturated heterocycles. The molecule has 2 atom stereocenters. The first-order chi connectivity index (χ1) is 17.4. The lowest BCUT2D eigenvalue weighted by molar-refractivity contribution is 0.0826. The lowest BCUT2D eigenvalue weighted by atomic mass is 10.00. The zero-order valence-corrected chi connectivity index (χ0v) is 21.3. The number of aromatic nitrogens is 1. The Kier molecular flexibility index (Phi) is 8.93. The van der Waals surface area contributed by atoms with Crippen molar-refractivity contribution in [1.82, 2.24) is 15.6 Å². The Morgan fingerprint density at radius 1 is 1.03 bits per heavy atom. The number of nitrogens with one attached hydrogen (secondary N) is 2. The van der Waals surface area contributed by atoms with Gasteiger partial charge in [-0.3, -0.25) is 4.79 Å². The van der Waals surface area contributed by atoms with Crippen molar-refractivity contribution >= 4 is 28.6 Å². The number of carbonyl (C=O) groups excluding carboxylic acids is 1. The average molecular weight is 528 g/mol. The normalized spacial score (nSPS) is 12.9. The molecule has 9 heteroatoms. The van der Waals surface area contributed by atoms with Gasteiger partial charge in [0, 0.05) is 24.5 Å². The molecule has 0 spiro atoms. The Morgan fingerprint density at radius 3 is 2.53 bits per heavy atom. The molecule has 3 N–H and O–H groups in total. The van der Waals surface area contributed by atoms with Gasteiger partial charge in [-0.15, -0.1) is 22.7 Å². The van der Waals surface area contributed by atoms with E-state index in [-0.39, 0.29) is 18.7 Å². The van der Waals surface area contributed by atoms with Crippen LogP contribution < -0.4 is 10.6 Å². The highest BCUT2D eigenvalue weighted by molar-refractivity contribution is 7.20. The molecule has 0 aliphatic rings. The van der Waals surface area contributed by atoms with Crippen molar-refractivity contribution in [2.24, 2.45) is 0 Å². The van der Waals surface area contributed by atoms with Crippen molar-refractivity contribution < 1.29 is 18.7 Å². The summed E-state index contributed by atoms with van der Waals surface area (Å²) in [5.41, 5.74) is 2.87. The lowest BCUT2D eigenvalue weighted by Crippen LogP contribution is -2.48. The maximum absolute atomic E-state index is 13.8. The molecule has 36 heavy (non-hydrogen) atoms. The van der Waals surface area contributed by atoms with Crippen LogP contribution in [0, 0.1) is 11.6 Å². The Balaban J connectivity index is 1.45. The van der Waals surface area contributed by atoms with E-state index < -0.39 is 29.7 Å². The van der Waals surface area contributed by atoms with E-state index in [0.717, 1.165) is 27.9 Å².